The van der Waals surface area contributed by atoms with Crippen LogP contribution in [-0.2, 0) is 0 Å². The van der Waals surface area contributed by atoms with Crippen LogP contribution in [0.2, 0.25) is 0 Å². The minimum atomic E-state index is -0.0959. The third-order valence-electron chi connectivity index (χ3n) is 1.17. The predicted molar refractivity (Wildman–Crippen MR) is 64.9 cm³/mol. The number of hydrogen-bond acceptors (Lipinski definition) is 1. The van der Waals surface area contributed by atoms with E-state index < -0.39 is 0 Å². The Morgan fingerprint density at radius 3 is 1.71 bits per heavy atom. The van der Waals surface area contributed by atoms with Gasteiger partial charge in [-0.15, -0.1) is 0 Å². The highest BCUT2D eigenvalue weighted by molar-refractivity contribution is 5.21. The van der Waals surface area contributed by atoms with Gasteiger partial charge < -0.3 is 4.74 Å². The van der Waals surface area contributed by atoms with Gasteiger partial charge in [0.05, 0.1) is 0 Å². The van der Waals surface area contributed by atoms with Gasteiger partial charge in [0, 0.05) is 0 Å². The Labute approximate surface area is 89.1 Å². The molecule has 0 atom stereocenters. The topological polar surface area (TPSA) is 9.23 Å². The Kier molecular flexibility index (Phi) is 8.22. The molecule has 1 nitrogen and oxygen atoms in total. The molecule has 0 bridgehead atoms. The van der Waals surface area contributed by atoms with Crippen LogP contribution in [0.25, 0.3) is 0 Å². The Bertz CT molecular complexity index is 208. The van der Waals surface area contributed by atoms with Gasteiger partial charge in [-0.3, -0.25) is 0 Å². The fourth-order valence-corrected chi connectivity index (χ4v) is 0.842. The second kappa shape index (κ2) is 7.43. The molecule has 82 valence electrons. The normalized spacial score (nSPS) is 9.21. The molecule has 0 saturated carbocycles. The van der Waals surface area contributed by atoms with E-state index in [1.165, 1.54) is 0 Å². The van der Waals surface area contributed by atoms with Crippen LogP contribution in [0.3, 0.4) is 0 Å². The summed E-state index contributed by atoms with van der Waals surface area (Å²) in [7, 11) is 0. The van der Waals surface area contributed by atoms with Crippen molar-refractivity contribution >= 4 is 0 Å². The van der Waals surface area contributed by atoms with Crippen molar-refractivity contribution in [2.24, 2.45) is 0 Å². The molecule has 0 unspecified atom stereocenters. The summed E-state index contributed by atoms with van der Waals surface area (Å²) >= 11 is 0. The van der Waals surface area contributed by atoms with E-state index in [0.29, 0.717) is 0 Å². The van der Waals surface area contributed by atoms with Gasteiger partial charge in [0.15, 0.2) is 0 Å². The first-order valence-electron chi connectivity index (χ1n) is 4.82. The van der Waals surface area contributed by atoms with Gasteiger partial charge >= 0.3 is 0 Å². The maximum absolute atomic E-state index is 5.60. The molecule has 14 heavy (non-hydrogen) atoms. The van der Waals surface area contributed by atoms with Crippen LogP contribution in [0.4, 0.5) is 0 Å². The molecule has 0 radical (unpaired) electrons. The molecule has 0 fully saturated rings. The van der Waals surface area contributed by atoms with Crippen molar-refractivity contribution in [1.29, 1.82) is 0 Å². The number of ether oxygens (including phenoxy) is 1. The van der Waals surface area contributed by atoms with E-state index in [2.05, 4.69) is 0 Å². The average Bonchev–Trinajstić information content (AvgIpc) is 2.07. The molecule has 0 saturated heterocycles. The highest BCUT2D eigenvalue weighted by Gasteiger charge is 2.10. The summed E-state index contributed by atoms with van der Waals surface area (Å²) in [6, 6.07) is 9.86. The van der Waals surface area contributed by atoms with Gasteiger partial charge in [0.2, 0.25) is 0 Å². The maximum Gasteiger partial charge on any atom is 0.120 e. The monoisotopic (exact) mass is 196 g/mol. The predicted octanol–water partition coefficient (Wildman–Crippen LogP) is 4.53. The molecule has 0 aliphatic heterocycles. The van der Waals surface area contributed by atoms with Gasteiger partial charge in [0.1, 0.15) is 11.4 Å². The van der Waals surface area contributed by atoms with Crippen LogP contribution < -0.4 is 4.74 Å². The number of hydrogen-bond donors (Lipinski definition) is 0. The fraction of sp³-hybridized carbons (Fsp3) is 0.538. The summed E-state index contributed by atoms with van der Waals surface area (Å²) in [6.07, 6.45) is 0. The van der Waals surface area contributed by atoms with Gasteiger partial charge in [0.25, 0.3) is 0 Å². The fourth-order valence-electron chi connectivity index (χ4n) is 0.842. The summed E-state index contributed by atoms with van der Waals surface area (Å²) < 4.78 is 5.60. The van der Waals surface area contributed by atoms with E-state index in [1.807, 2.05) is 65.0 Å². The van der Waals surface area contributed by atoms with Gasteiger partial charge in [-0.2, -0.15) is 0 Å². The molecule has 1 aromatic rings. The van der Waals surface area contributed by atoms with Crippen LogP contribution in [0.1, 0.15) is 42.0 Å². The maximum atomic E-state index is 5.60. The van der Waals surface area contributed by atoms with Gasteiger partial charge in [-0.05, 0) is 32.9 Å². The minimum Gasteiger partial charge on any atom is -0.488 e. The van der Waals surface area contributed by atoms with Crippen LogP contribution in [0, 0.1) is 0 Å². The molecule has 1 heteroatoms. The molecule has 0 N–H and O–H groups in total. The first-order chi connectivity index (χ1) is 6.08. The highest BCUT2D eigenvalue weighted by atomic mass is 16.5. The second-order valence-corrected chi connectivity index (χ2v) is 3.53. The van der Waals surface area contributed by atoms with Crippen molar-refractivity contribution in [3.8, 4) is 5.75 Å². The second-order valence-electron chi connectivity index (χ2n) is 3.53. The molecule has 0 aliphatic rings. The molecule has 1 rings (SSSR count). The lowest BCUT2D eigenvalue weighted by molar-refractivity contribution is 0.131. The smallest absolute Gasteiger partial charge is 0.120 e. The van der Waals surface area contributed by atoms with Crippen molar-refractivity contribution in [2.45, 2.75) is 47.6 Å². The van der Waals surface area contributed by atoms with Crippen LogP contribution in [-0.4, -0.2) is 5.60 Å². The Hall–Kier alpha value is -0.980. The summed E-state index contributed by atoms with van der Waals surface area (Å²) in [6.45, 7) is 10.1. The largest absolute Gasteiger partial charge is 0.488 e. The molecule has 0 amide bonds. The van der Waals surface area contributed by atoms with E-state index in [1.54, 1.807) is 0 Å². The molecular formula is C13H24O. The minimum absolute atomic E-state index is 0. The van der Waals surface area contributed by atoms with E-state index in [4.69, 9.17) is 4.74 Å². The number of benzene rings is 1. The zero-order chi connectivity index (χ0) is 10.3. The quantitative estimate of drug-likeness (QED) is 0.641. The van der Waals surface area contributed by atoms with Crippen molar-refractivity contribution in [1.82, 2.24) is 0 Å². The average molecular weight is 196 g/mol. The van der Waals surface area contributed by atoms with Crippen molar-refractivity contribution in [2.75, 3.05) is 0 Å². The zero-order valence-corrected chi connectivity index (χ0v) is 9.29. The summed E-state index contributed by atoms with van der Waals surface area (Å²) in [5.41, 5.74) is -0.0959. The van der Waals surface area contributed by atoms with E-state index in [0.717, 1.165) is 5.75 Å². The standard InChI is InChI=1S/C10H14O.C2H6.CH4/c1-10(2,3)11-9-7-5-4-6-8-9;1-2;/h4-8H,1-3H3;1-2H3;1H4. The van der Waals surface area contributed by atoms with E-state index in [9.17, 15) is 0 Å². The van der Waals surface area contributed by atoms with Crippen molar-refractivity contribution in [3.05, 3.63) is 30.3 Å². The first-order valence-corrected chi connectivity index (χ1v) is 4.82. The molecule has 0 heterocycles. The van der Waals surface area contributed by atoms with Gasteiger partial charge in [-0.25, -0.2) is 0 Å². The third-order valence-corrected chi connectivity index (χ3v) is 1.17. The lowest BCUT2D eigenvalue weighted by Gasteiger charge is -2.20. The molecular weight excluding hydrogens is 172 g/mol. The Morgan fingerprint density at radius 1 is 0.929 bits per heavy atom. The van der Waals surface area contributed by atoms with Crippen LogP contribution >= 0.6 is 0 Å². The van der Waals surface area contributed by atoms with Crippen molar-refractivity contribution < 1.29 is 4.74 Å². The lowest BCUT2D eigenvalue weighted by Crippen LogP contribution is -2.22. The number of rotatable bonds is 1. The first kappa shape index (κ1) is 15.5. The Morgan fingerprint density at radius 2 is 1.36 bits per heavy atom. The molecule has 0 aliphatic carbocycles. The molecule has 1 aromatic carbocycles. The zero-order valence-electron chi connectivity index (χ0n) is 9.29. The third kappa shape index (κ3) is 7.66. The lowest BCUT2D eigenvalue weighted by atomic mass is 10.2. The summed E-state index contributed by atoms with van der Waals surface area (Å²) in [5, 5.41) is 0. The Balaban J connectivity index is 0. The number of para-hydroxylation sites is 1. The SMILES string of the molecule is C.CC.CC(C)(C)Oc1ccccc1. The molecule has 0 spiro atoms. The van der Waals surface area contributed by atoms with Gasteiger partial charge in [-0.1, -0.05) is 39.5 Å². The summed E-state index contributed by atoms with van der Waals surface area (Å²) in [5.74, 6) is 0.931. The van der Waals surface area contributed by atoms with E-state index in [-0.39, 0.29) is 13.0 Å². The highest BCUT2D eigenvalue weighted by Crippen LogP contribution is 2.16. The van der Waals surface area contributed by atoms with E-state index >= 15 is 0 Å². The molecule has 0 aromatic heterocycles. The summed E-state index contributed by atoms with van der Waals surface area (Å²) in [4.78, 5) is 0. The van der Waals surface area contributed by atoms with Crippen LogP contribution in [0.15, 0.2) is 30.3 Å². The van der Waals surface area contributed by atoms with Crippen molar-refractivity contribution in [3.63, 3.8) is 0 Å². The van der Waals surface area contributed by atoms with Crippen LogP contribution in [0.5, 0.6) is 5.75 Å².